The molecule has 0 aliphatic rings. The van der Waals surface area contributed by atoms with Crippen molar-refractivity contribution in [2.24, 2.45) is 0 Å². The zero-order valence-electron chi connectivity index (χ0n) is 14.6. The molecule has 1 amide bonds. The van der Waals surface area contributed by atoms with Gasteiger partial charge in [-0.1, -0.05) is 34.8 Å². The highest BCUT2D eigenvalue weighted by molar-refractivity contribution is 6.44. The molecule has 0 atom stereocenters. The number of hydrogen-bond donors (Lipinski definition) is 1. The second kappa shape index (κ2) is 9.56. The number of rotatable bonds is 6. The Labute approximate surface area is 180 Å². The lowest BCUT2D eigenvalue weighted by Gasteiger charge is -2.11. The molecule has 1 N–H and O–H groups in total. The first-order chi connectivity index (χ1) is 13.9. The van der Waals surface area contributed by atoms with Gasteiger partial charge in [0.25, 0.3) is 5.91 Å². The van der Waals surface area contributed by atoms with E-state index in [0.717, 1.165) is 0 Å². The standard InChI is InChI=1S/C19H12Cl3N3O4/c20-13-7-15(22)16(8-14(13)21)25-17(26)10-28-19(27)12-4-2-6-24-18(12)29-11-3-1-5-23-9-11/h1-9H,10H2,(H,25,26). The molecule has 0 radical (unpaired) electrons. The number of nitrogens with one attached hydrogen (secondary N) is 1. The van der Waals surface area contributed by atoms with Gasteiger partial charge in [-0.3, -0.25) is 9.78 Å². The lowest BCUT2D eigenvalue weighted by Crippen LogP contribution is -2.21. The minimum atomic E-state index is -0.785. The van der Waals surface area contributed by atoms with Gasteiger partial charge in [0.15, 0.2) is 6.61 Å². The Hall–Kier alpha value is -2.87. The monoisotopic (exact) mass is 451 g/mol. The van der Waals surface area contributed by atoms with Gasteiger partial charge in [-0.2, -0.15) is 0 Å². The zero-order chi connectivity index (χ0) is 20.8. The highest BCUT2D eigenvalue weighted by atomic mass is 35.5. The zero-order valence-corrected chi connectivity index (χ0v) is 16.8. The van der Waals surface area contributed by atoms with Crippen molar-refractivity contribution >= 4 is 52.4 Å². The van der Waals surface area contributed by atoms with Crippen molar-refractivity contribution in [3.63, 3.8) is 0 Å². The molecule has 2 aromatic heterocycles. The van der Waals surface area contributed by atoms with Crippen LogP contribution in [0.15, 0.2) is 55.0 Å². The molecular weight excluding hydrogens is 441 g/mol. The SMILES string of the molecule is O=C(COC(=O)c1cccnc1Oc1cccnc1)Nc1cc(Cl)c(Cl)cc1Cl. The lowest BCUT2D eigenvalue weighted by molar-refractivity contribution is -0.119. The summed E-state index contributed by atoms with van der Waals surface area (Å²) in [5.74, 6) is -0.977. The summed E-state index contributed by atoms with van der Waals surface area (Å²) < 4.78 is 10.6. The summed E-state index contributed by atoms with van der Waals surface area (Å²) in [7, 11) is 0. The van der Waals surface area contributed by atoms with E-state index in [4.69, 9.17) is 44.3 Å². The van der Waals surface area contributed by atoms with Gasteiger partial charge in [0.2, 0.25) is 5.88 Å². The van der Waals surface area contributed by atoms with E-state index in [0.29, 0.717) is 5.75 Å². The predicted octanol–water partition coefficient (Wildman–Crippen LogP) is 5.02. The molecule has 148 valence electrons. The Morgan fingerprint density at radius 1 is 1.00 bits per heavy atom. The van der Waals surface area contributed by atoms with Crippen LogP contribution in [0.4, 0.5) is 5.69 Å². The number of carbonyl (C=O) groups excluding carboxylic acids is 2. The number of halogens is 3. The topological polar surface area (TPSA) is 90.4 Å². The third-order valence-electron chi connectivity index (χ3n) is 3.46. The molecule has 0 saturated carbocycles. The van der Waals surface area contributed by atoms with Crippen LogP contribution < -0.4 is 10.1 Å². The number of anilines is 1. The van der Waals surface area contributed by atoms with Gasteiger partial charge in [0.05, 0.1) is 27.0 Å². The lowest BCUT2D eigenvalue weighted by atomic mass is 10.3. The van der Waals surface area contributed by atoms with E-state index >= 15 is 0 Å². The molecule has 3 aromatic rings. The normalized spacial score (nSPS) is 10.3. The third kappa shape index (κ3) is 5.57. The summed E-state index contributed by atoms with van der Waals surface area (Å²) in [5, 5.41) is 3.15. The van der Waals surface area contributed by atoms with Gasteiger partial charge in [0.1, 0.15) is 11.3 Å². The van der Waals surface area contributed by atoms with Gasteiger partial charge in [0, 0.05) is 12.4 Å². The Bertz CT molecular complexity index is 1050. The van der Waals surface area contributed by atoms with Crippen molar-refractivity contribution in [1.29, 1.82) is 0 Å². The van der Waals surface area contributed by atoms with Crippen LogP contribution in [-0.2, 0) is 9.53 Å². The van der Waals surface area contributed by atoms with Gasteiger partial charge in [-0.05, 0) is 36.4 Å². The molecule has 2 heterocycles. The molecule has 0 saturated heterocycles. The summed E-state index contributed by atoms with van der Waals surface area (Å²) in [5.41, 5.74) is 0.292. The average Bonchev–Trinajstić information content (AvgIpc) is 2.71. The van der Waals surface area contributed by atoms with Crippen LogP contribution in [0.2, 0.25) is 15.1 Å². The Morgan fingerprint density at radius 3 is 2.52 bits per heavy atom. The Balaban J connectivity index is 1.64. The quantitative estimate of drug-likeness (QED) is 0.417. The molecule has 29 heavy (non-hydrogen) atoms. The summed E-state index contributed by atoms with van der Waals surface area (Å²) >= 11 is 17.8. The van der Waals surface area contributed by atoms with E-state index in [1.54, 1.807) is 24.4 Å². The van der Waals surface area contributed by atoms with Crippen molar-refractivity contribution in [3.05, 3.63) is 75.6 Å². The molecule has 7 nitrogen and oxygen atoms in total. The van der Waals surface area contributed by atoms with Crippen LogP contribution >= 0.6 is 34.8 Å². The number of nitrogens with zero attached hydrogens (tertiary/aromatic N) is 2. The van der Waals surface area contributed by atoms with E-state index in [1.165, 1.54) is 30.6 Å². The number of amides is 1. The maximum atomic E-state index is 12.4. The Kier molecular flexibility index (Phi) is 6.87. The Morgan fingerprint density at radius 2 is 1.76 bits per heavy atom. The highest BCUT2D eigenvalue weighted by Crippen LogP contribution is 2.32. The van der Waals surface area contributed by atoms with Crippen molar-refractivity contribution in [1.82, 2.24) is 9.97 Å². The van der Waals surface area contributed by atoms with E-state index in [1.807, 2.05) is 0 Å². The van der Waals surface area contributed by atoms with Gasteiger partial charge in [-0.15, -0.1) is 0 Å². The second-order valence-electron chi connectivity index (χ2n) is 5.52. The molecule has 0 unspecified atom stereocenters. The number of esters is 1. The number of carbonyl (C=O) groups is 2. The highest BCUT2D eigenvalue weighted by Gasteiger charge is 2.18. The van der Waals surface area contributed by atoms with Crippen LogP contribution in [0.1, 0.15) is 10.4 Å². The fraction of sp³-hybridized carbons (Fsp3) is 0.0526. The molecule has 1 aromatic carbocycles. The minimum absolute atomic E-state index is 0.0263. The van der Waals surface area contributed by atoms with Crippen LogP contribution in [0.3, 0.4) is 0 Å². The van der Waals surface area contributed by atoms with E-state index < -0.39 is 18.5 Å². The van der Waals surface area contributed by atoms with Crippen molar-refractivity contribution < 1.29 is 19.1 Å². The van der Waals surface area contributed by atoms with E-state index in [-0.39, 0.29) is 32.2 Å². The second-order valence-corrected chi connectivity index (χ2v) is 6.74. The fourth-order valence-electron chi connectivity index (χ4n) is 2.16. The molecule has 0 bridgehead atoms. The van der Waals surface area contributed by atoms with Crippen LogP contribution in [0, 0.1) is 0 Å². The smallest absolute Gasteiger partial charge is 0.344 e. The molecular formula is C19H12Cl3N3O4. The molecule has 10 heteroatoms. The van der Waals surface area contributed by atoms with Gasteiger partial charge < -0.3 is 14.8 Å². The number of ether oxygens (including phenoxy) is 2. The maximum absolute atomic E-state index is 12.4. The van der Waals surface area contributed by atoms with E-state index in [2.05, 4.69) is 15.3 Å². The van der Waals surface area contributed by atoms with Crippen LogP contribution in [-0.4, -0.2) is 28.5 Å². The van der Waals surface area contributed by atoms with Crippen molar-refractivity contribution in [3.8, 4) is 11.6 Å². The summed E-state index contributed by atoms with van der Waals surface area (Å²) in [6.45, 7) is -0.559. The van der Waals surface area contributed by atoms with Crippen LogP contribution in [0.25, 0.3) is 0 Å². The minimum Gasteiger partial charge on any atom is -0.452 e. The van der Waals surface area contributed by atoms with Crippen molar-refractivity contribution in [2.45, 2.75) is 0 Å². The molecule has 0 aliphatic heterocycles. The summed E-state index contributed by atoms with van der Waals surface area (Å²) in [6.07, 6.45) is 4.51. The molecule has 0 spiro atoms. The average molecular weight is 453 g/mol. The maximum Gasteiger partial charge on any atom is 0.344 e. The molecule has 0 fully saturated rings. The number of aromatic nitrogens is 2. The first-order valence-corrected chi connectivity index (χ1v) is 9.22. The molecule has 0 aliphatic carbocycles. The van der Waals surface area contributed by atoms with Gasteiger partial charge >= 0.3 is 5.97 Å². The number of hydrogen-bond acceptors (Lipinski definition) is 6. The first kappa shape index (κ1) is 20.9. The third-order valence-corrected chi connectivity index (χ3v) is 4.49. The van der Waals surface area contributed by atoms with E-state index in [9.17, 15) is 9.59 Å². The summed E-state index contributed by atoms with van der Waals surface area (Å²) in [6, 6.07) is 9.13. The van der Waals surface area contributed by atoms with Crippen molar-refractivity contribution in [2.75, 3.05) is 11.9 Å². The molecule has 3 rings (SSSR count). The summed E-state index contributed by atoms with van der Waals surface area (Å²) in [4.78, 5) is 32.4. The first-order valence-electron chi connectivity index (χ1n) is 8.08. The van der Waals surface area contributed by atoms with Gasteiger partial charge in [-0.25, -0.2) is 9.78 Å². The fourth-order valence-corrected chi connectivity index (χ4v) is 2.75. The largest absolute Gasteiger partial charge is 0.452 e. The predicted molar refractivity (Wildman–Crippen MR) is 109 cm³/mol. The number of benzene rings is 1. The van der Waals surface area contributed by atoms with Crippen LogP contribution in [0.5, 0.6) is 11.6 Å². The number of pyridine rings is 2.